The number of fused-ring (bicyclic) bond motifs is 1. The average Bonchev–Trinajstić information content (AvgIpc) is 3.30. The molecule has 4 nitrogen and oxygen atoms in total. The van der Waals surface area contributed by atoms with Gasteiger partial charge in [0.1, 0.15) is 5.66 Å². The van der Waals surface area contributed by atoms with Crippen LogP contribution < -0.4 is 0 Å². The van der Waals surface area contributed by atoms with E-state index in [4.69, 9.17) is 0 Å². The summed E-state index contributed by atoms with van der Waals surface area (Å²) in [4.78, 5) is 30.9. The second kappa shape index (κ2) is 7.25. The molecule has 0 spiro atoms. The minimum atomic E-state index is -0.309. The molecule has 146 valence electrons. The van der Waals surface area contributed by atoms with Crippen LogP contribution in [0, 0.1) is 0 Å². The van der Waals surface area contributed by atoms with Crippen LogP contribution in [0.3, 0.4) is 0 Å². The summed E-state index contributed by atoms with van der Waals surface area (Å²) in [6.45, 7) is 9.45. The van der Waals surface area contributed by atoms with Crippen LogP contribution in [-0.4, -0.2) is 58.3 Å². The SMILES string of the molecule is CC(C)c1ccc2c(c1)C(C(=O)N1CCSCC1(C)N1CCCC1)CC2=O. The van der Waals surface area contributed by atoms with Crippen LogP contribution >= 0.6 is 11.8 Å². The maximum absolute atomic E-state index is 13.7. The average molecular weight is 387 g/mol. The van der Waals surface area contributed by atoms with Crippen LogP contribution in [0.25, 0.3) is 0 Å². The summed E-state index contributed by atoms with van der Waals surface area (Å²) >= 11 is 1.94. The maximum Gasteiger partial charge on any atom is 0.232 e. The van der Waals surface area contributed by atoms with Crippen LogP contribution in [0.1, 0.15) is 73.4 Å². The van der Waals surface area contributed by atoms with Crippen molar-refractivity contribution in [1.29, 1.82) is 0 Å². The molecule has 4 rings (SSSR count). The Morgan fingerprint density at radius 1 is 1.22 bits per heavy atom. The Kier molecular flexibility index (Phi) is 5.10. The van der Waals surface area contributed by atoms with Crippen LogP contribution in [0.4, 0.5) is 0 Å². The number of benzene rings is 1. The second-order valence-corrected chi connectivity index (χ2v) is 9.74. The van der Waals surface area contributed by atoms with Crippen molar-refractivity contribution in [3.05, 3.63) is 34.9 Å². The fourth-order valence-electron chi connectivity index (χ4n) is 4.84. The van der Waals surface area contributed by atoms with Gasteiger partial charge in [-0.15, -0.1) is 0 Å². The molecular weight excluding hydrogens is 356 g/mol. The van der Waals surface area contributed by atoms with Crippen molar-refractivity contribution in [2.24, 2.45) is 0 Å². The molecule has 2 aliphatic heterocycles. The molecule has 2 saturated heterocycles. The Labute approximate surface area is 166 Å². The normalized spacial score (nSPS) is 28.8. The van der Waals surface area contributed by atoms with E-state index in [-0.39, 0.29) is 23.3 Å². The van der Waals surface area contributed by atoms with Gasteiger partial charge in [0, 0.05) is 43.1 Å². The number of amides is 1. The monoisotopic (exact) mass is 386 g/mol. The Bertz CT molecular complexity index is 757. The van der Waals surface area contributed by atoms with E-state index in [9.17, 15) is 9.59 Å². The summed E-state index contributed by atoms with van der Waals surface area (Å²) in [7, 11) is 0. The maximum atomic E-state index is 13.7. The van der Waals surface area contributed by atoms with Gasteiger partial charge in [0.2, 0.25) is 5.91 Å². The molecule has 0 saturated carbocycles. The number of hydrogen-bond acceptors (Lipinski definition) is 4. The number of carbonyl (C=O) groups is 2. The number of nitrogens with zero attached hydrogens (tertiary/aromatic N) is 2. The second-order valence-electron chi connectivity index (χ2n) is 8.63. The van der Waals surface area contributed by atoms with Gasteiger partial charge < -0.3 is 4.90 Å². The Balaban J connectivity index is 1.66. The van der Waals surface area contributed by atoms with Gasteiger partial charge in [-0.3, -0.25) is 14.5 Å². The fraction of sp³-hybridized carbons (Fsp3) is 0.636. The first-order valence-corrected chi connectivity index (χ1v) is 11.4. The van der Waals surface area contributed by atoms with E-state index in [1.165, 1.54) is 18.4 Å². The third-order valence-corrected chi connectivity index (χ3v) is 7.80. The number of rotatable bonds is 3. The van der Waals surface area contributed by atoms with Crippen molar-refractivity contribution in [3.63, 3.8) is 0 Å². The molecule has 0 aromatic heterocycles. The van der Waals surface area contributed by atoms with E-state index in [2.05, 4.69) is 36.6 Å². The molecule has 0 bridgehead atoms. The minimum absolute atomic E-state index is 0.118. The molecule has 3 aliphatic rings. The molecule has 0 radical (unpaired) electrons. The zero-order valence-electron chi connectivity index (χ0n) is 16.7. The van der Waals surface area contributed by atoms with Crippen LogP contribution in [0.2, 0.25) is 0 Å². The van der Waals surface area contributed by atoms with Crippen LogP contribution in [0.15, 0.2) is 18.2 Å². The van der Waals surface area contributed by atoms with Crippen molar-refractivity contribution >= 4 is 23.5 Å². The summed E-state index contributed by atoms with van der Waals surface area (Å²) in [6.07, 6.45) is 2.75. The number of carbonyl (C=O) groups excluding carboxylic acids is 2. The van der Waals surface area contributed by atoms with Gasteiger partial charge in [-0.05, 0) is 36.8 Å². The van der Waals surface area contributed by atoms with Gasteiger partial charge in [0.05, 0.1) is 5.92 Å². The van der Waals surface area contributed by atoms with E-state index >= 15 is 0 Å². The van der Waals surface area contributed by atoms with Gasteiger partial charge in [-0.25, -0.2) is 0 Å². The molecule has 2 fully saturated rings. The predicted octanol–water partition coefficient (Wildman–Crippen LogP) is 3.87. The number of thioether (sulfide) groups is 1. The molecule has 2 unspecified atom stereocenters. The molecule has 2 heterocycles. The summed E-state index contributed by atoms with van der Waals surface area (Å²) in [5.41, 5.74) is 2.70. The Morgan fingerprint density at radius 2 is 1.96 bits per heavy atom. The standard InChI is InChI=1S/C22H30N2O2S/c1-15(2)16-6-7-17-18(12-16)19(13-20(17)25)21(26)24-10-11-27-14-22(24,3)23-8-4-5-9-23/h6-7,12,15,19H,4-5,8-11,13-14H2,1-3H3. The number of hydrogen-bond donors (Lipinski definition) is 0. The highest BCUT2D eigenvalue weighted by Crippen LogP contribution is 2.40. The highest BCUT2D eigenvalue weighted by Gasteiger charge is 2.47. The number of ketones is 1. The molecule has 27 heavy (non-hydrogen) atoms. The number of Topliss-reactive ketones (excluding diaryl/α,β-unsaturated/α-hetero) is 1. The summed E-state index contributed by atoms with van der Waals surface area (Å²) in [5, 5.41) is 0. The predicted molar refractivity (Wildman–Crippen MR) is 110 cm³/mol. The van der Waals surface area contributed by atoms with Gasteiger partial charge in [0.25, 0.3) is 0 Å². The van der Waals surface area contributed by atoms with E-state index in [0.717, 1.165) is 42.3 Å². The highest BCUT2D eigenvalue weighted by atomic mass is 32.2. The summed E-state index contributed by atoms with van der Waals surface area (Å²) in [6, 6.07) is 6.09. The molecule has 5 heteroatoms. The van der Waals surface area contributed by atoms with E-state index < -0.39 is 0 Å². The van der Waals surface area contributed by atoms with E-state index in [1.54, 1.807) is 0 Å². The van der Waals surface area contributed by atoms with E-state index in [1.807, 2.05) is 23.9 Å². The Morgan fingerprint density at radius 3 is 2.67 bits per heavy atom. The molecule has 1 amide bonds. The lowest BCUT2D eigenvalue weighted by Crippen LogP contribution is -2.64. The zero-order chi connectivity index (χ0) is 19.2. The minimum Gasteiger partial charge on any atom is -0.322 e. The lowest BCUT2D eigenvalue weighted by Gasteiger charge is -2.50. The van der Waals surface area contributed by atoms with Crippen molar-refractivity contribution in [2.75, 3.05) is 31.1 Å². The summed E-state index contributed by atoms with van der Waals surface area (Å²) < 4.78 is 0. The van der Waals surface area contributed by atoms with E-state index in [0.29, 0.717) is 12.3 Å². The fourth-order valence-corrected chi connectivity index (χ4v) is 6.03. The van der Waals surface area contributed by atoms with Crippen molar-refractivity contribution in [2.45, 2.75) is 57.5 Å². The molecule has 1 aromatic rings. The van der Waals surface area contributed by atoms with Gasteiger partial charge >= 0.3 is 0 Å². The molecule has 1 aliphatic carbocycles. The van der Waals surface area contributed by atoms with Crippen molar-refractivity contribution < 1.29 is 9.59 Å². The number of likely N-dealkylation sites (tertiary alicyclic amines) is 1. The van der Waals surface area contributed by atoms with Gasteiger partial charge in [0.15, 0.2) is 5.78 Å². The summed E-state index contributed by atoms with van der Waals surface area (Å²) in [5.74, 6) is 2.29. The highest BCUT2D eigenvalue weighted by molar-refractivity contribution is 7.99. The van der Waals surface area contributed by atoms with Gasteiger partial charge in [-0.1, -0.05) is 32.0 Å². The van der Waals surface area contributed by atoms with Gasteiger partial charge in [-0.2, -0.15) is 11.8 Å². The molecule has 2 atom stereocenters. The van der Waals surface area contributed by atoms with Crippen molar-refractivity contribution in [1.82, 2.24) is 9.80 Å². The topological polar surface area (TPSA) is 40.6 Å². The first kappa shape index (κ1) is 19.0. The van der Waals surface area contributed by atoms with Crippen molar-refractivity contribution in [3.8, 4) is 0 Å². The Hall–Kier alpha value is -1.33. The smallest absolute Gasteiger partial charge is 0.232 e. The third kappa shape index (κ3) is 3.23. The third-order valence-electron chi connectivity index (χ3n) is 6.58. The molecule has 0 N–H and O–H groups in total. The zero-order valence-corrected chi connectivity index (χ0v) is 17.5. The largest absolute Gasteiger partial charge is 0.322 e. The lowest BCUT2D eigenvalue weighted by atomic mass is 9.93. The first-order valence-electron chi connectivity index (χ1n) is 10.2. The molecule has 1 aromatic carbocycles. The first-order chi connectivity index (χ1) is 12.9. The van der Waals surface area contributed by atoms with Crippen LogP contribution in [0.5, 0.6) is 0 Å². The molecular formula is C22H30N2O2S. The quantitative estimate of drug-likeness (QED) is 0.791. The lowest BCUT2D eigenvalue weighted by molar-refractivity contribution is -0.145. The van der Waals surface area contributed by atoms with Crippen LogP contribution in [-0.2, 0) is 4.79 Å².